The Morgan fingerprint density at radius 2 is 1.67 bits per heavy atom. The van der Waals surface area contributed by atoms with Crippen LogP contribution in [0.25, 0.3) is 11.6 Å². The smallest absolute Gasteiger partial charge is 0.254 e. The molecule has 0 bridgehead atoms. The lowest BCUT2D eigenvalue weighted by molar-refractivity contribution is -0.129. The van der Waals surface area contributed by atoms with E-state index in [0.29, 0.717) is 54.4 Å². The topological polar surface area (TPSA) is 77.1 Å². The zero-order valence-corrected chi connectivity index (χ0v) is 20.1. The fourth-order valence-electron chi connectivity index (χ4n) is 4.56. The number of methoxy groups -OCH3 is 1. The molecule has 0 spiro atoms. The van der Waals surface area contributed by atoms with Crippen LogP contribution in [0, 0.1) is 5.92 Å². The molecule has 0 unspecified atom stereocenters. The molecule has 1 saturated heterocycles. The first kappa shape index (κ1) is 23.5. The first-order valence-electron chi connectivity index (χ1n) is 12.0. The highest BCUT2D eigenvalue weighted by Gasteiger charge is 2.29. The molecule has 36 heavy (non-hydrogen) atoms. The number of fused-ring (bicyclic) bond motifs is 1. The number of amides is 2. The summed E-state index contributed by atoms with van der Waals surface area (Å²) in [6.45, 7) is 1.21. The van der Waals surface area contributed by atoms with Gasteiger partial charge in [0.05, 0.1) is 7.11 Å². The third-order valence-electron chi connectivity index (χ3n) is 6.55. The molecule has 0 aliphatic carbocycles. The van der Waals surface area contributed by atoms with Gasteiger partial charge in [-0.15, -0.1) is 0 Å². The molecule has 2 amide bonds. The number of hydrogen-bond donors (Lipinski definition) is 1. The second-order valence-electron chi connectivity index (χ2n) is 8.79. The Labute approximate surface area is 210 Å². The van der Waals surface area contributed by atoms with Crippen molar-refractivity contribution in [2.24, 2.45) is 5.92 Å². The van der Waals surface area contributed by atoms with Gasteiger partial charge in [0.25, 0.3) is 5.91 Å². The number of likely N-dealkylation sites (tertiary alicyclic amines) is 1. The first-order valence-corrected chi connectivity index (χ1v) is 12.0. The second kappa shape index (κ2) is 10.6. The molecule has 0 radical (unpaired) electrons. The van der Waals surface area contributed by atoms with Crippen LogP contribution in [-0.4, -0.2) is 43.7 Å². The zero-order chi connectivity index (χ0) is 24.9. The Balaban J connectivity index is 1.28. The minimum absolute atomic E-state index is 0.0474. The average molecular weight is 485 g/mol. The van der Waals surface area contributed by atoms with E-state index in [-0.39, 0.29) is 24.5 Å². The molecule has 1 fully saturated rings. The summed E-state index contributed by atoms with van der Waals surface area (Å²) in [4.78, 5) is 28.4. The van der Waals surface area contributed by atoms with Crippen LogP contribution in [0.5, 0.6) is 17.2 Å². The van der Waals surface area contributed by atoms with Gasteiger partial charge < -0.3 is 24.4 Å². The van der Waals surface area contributed by atoms with E-state index < -0.39 is 0 Å². The molecule has 3 aromatic carbocycles. The number of anilines is 1. The van der Waals surface area contributed by atoms with Crippen molar-refractivity contribution in [2.45, 2.75) is 12.8 Å². The molecule has 2 heterocycles. The number of rotatable bonds is 6. The van der Waals surface area contributed by atoms with Crippen LogP contribution in [0.2, 0.25) is 0 Å². The van der Waals surface area contributed by atoms with Gasteiger partial charge in [0.2, 0.25) is 12.7 Å². The van der Waals surface area contributed by atoms with E-state index in [0.717, 1.165) is 11.1 Å². The number of ether oxygens (including phenoxy) is 3. The van der Waals surface area contributed by atoms with Gasteiger partial charge in [-0.25, -0.2) is 0 Å². The van der Waals surface area contributed by atoms with Crippen molar-refractivity contribution >= 4 is 29.2 Å². The highest BCUT2D eigenvalue weighted by molar-refractivity contribution is 6.24. The van der Waals surface area contributed by atoms with E-state index >= 15 is 0 Å². The molecule has 7 nitrogen and oxygen atoms in total. The minimum Gasteiger partial charge on any atom is -0.496 e. The van der Waals surface area contributed by atoms with Crippen LogP contribution in [0.4, 0.5) is 5.69 Å². The second-order valence-corrected chi connectivity index (χ2v) is 8.79. The van der Waals surface area contributed by atoms with Crippen molar-refractivity contribution in [3.05, 3.63) is 83.9 Å². The average Bonchev–Trinajstić information content (AvgIpc) is 3.40. The Morgan fingerprint density at radius 1 is 0.944 bits per heavy atom. The van der Waals surface area contributed by atoms with Gasteiger partial charge in [0, 0.05) is 41.9 Å². The van der Waals surface area contributed by atoms with Crippen LogP contribution in [0.1, 0.15) is 24.0 Å². The van der Waals surface area contributed by atoms with Crippen molar-refractivity contribution in [3.8, 4) is 17.2 Å². The van der Waals surface area contributed by atoms with E-state index in [4.69, 9.17) is 14.2 Å². The largest absolute Gasteiger partial charge is 0.496 e. The van der Waals surface area contributed by atoms with Crippen LogP contribution >= 0.6 is 0 Å². The number of hydrogen-bond acceptors (Lipinski definition) is 5. The Hall–Kier alpha value is -4.26. The molecule has 0 atom stereocenters. The highest BCUT2D eigenvalue weighted by Crippen LogP contribution is 2.35. The van der Waals surface area contributed by atoms with Crippen molar-refractivity contribution in [1.82, 2.24) is 4.90 Å². The predicted octanol–water partition coefficient (Wildman–Crippen LogP) is 4.84. The summed E-state index contributed by atoms with van der Waals surface area (Å²) in [5.74, 6) is 1.74. The number of benzene rings is 3. The van der Waals surface area contributed by atoms with E-state index in [1.54, 1.807) is 25.3 Å². The number of para-hydroxylation sites is 1. The number of nitrogens with one attached hydrogen (secondary N) is 1. The van der Waals surface area contributed by atoms with Crippen LogP contribution < -0.4 is 19.5 Å². The van der Waals surface area contributed by atoms with Gasteiger partial charge in [0.15, 0.2) is 11.5 Å². The summed E-state index contributed by atoms with van der Waals surface area (Å²) in [5.41, 5.74) is 2.96. The highest BCUT2D eigenvalue weighted by atomic mass is 16.7. The SMILES string of the molecule is COc1ccccc1/C=C(/C(=O)N1CCC(C(=O)Nc2ccc3c(c2)OCO3)CC1)c1ccccc1. The maximum atomic E-state index is 13.7. The summed E-state index contributed by atoms with van der Waals surface area (Å²) in [7, 11) is 1.62. The Kier molecular flexibility index (Phi) is 6.89. The summed E-state index contributed by atoms with van der Waals surface area (Å²) >= 11 is 0. The lowest BCUT2D eigenvalue weighted by Crippen LogP contribution is -2.41. The quantitative estimate of drug-likeness (QED) is 0.400. The van der Waals surface area contributed by atoms with E-state index in [2.05, 4.69) is 5.32 Å². The molecule has 184 valence electrons. The van der Waals surface area contributed by atoms with E-state index in [1.807, 2.05) is 65.6 Å². The third kappa shape index (κ3) is 5.05. The molecular formula is C29H28N2O5. The minimum atomic E-state index is -0.169. The van der Waals surface area contributed by atoms with Crippen molar-refractivity contribution in [1.29, 1.82) is 0 Å². The maximum Gasteiger partial charge on any atom is 0.254 e. The number of carbonyl (C=O) groups is 2. The molecule has 3 aromatic rings. The summed E-state index contributed by atoms with van der Waals surface area (Å²) in [6, 6.07) is 22.6. The van der Waals surface area contributed by atoms with Crippen molar-refractivity contribution in [2.75, 3.05) is 32.3 Å². The van der Waals surface area contributed by atoms with Crippen LogP contribution in [0.3, 0.4) is 0 Å². The Morgan fingerprint density at radius 3 is 2.44 bits per heavy atom. The van der Waals surface area contributed by atoms with Crippen LogP contribution in [0.15, 0.2) is 72.8 Å². The van der Waals surface area contributed by atoms with Crippen molar-refractivity contribution < 1.29 is 23.8 Å². The molecule has 7 heteroatoms. The van der Waals surface area contributed by atoms with Gasteiger partial charge >= 0.3 is 0 Å². The molecule has 5 rings (SSSR count). The summed E-state index contributed by atoms with van der Waals surface area (Å²) in [5, 5.41) is 2.98. The van der Waals surface area contributed by atoms with Crippen LogP contribution in [-0.2, 0) is 9.59 Å². The fourth-order valence-corrected chi connectivity index (χ4v) is 4.56. The fraction of sp³-hybridized carbons (Fsp3) is 0.241. The van der Waals surface area contributed by atoms with Gasteiger partial charge in [0.1, 0.15) is 5.75 Å². The molecule has 2 aliphatic rings. The predicted molar refractivity (Wildman–Crippen MR) is 138 cm³/mol. The Bertz CT molecular complexity index is 1280. The first-order chi connectivity index (χ1) is 17.6. The summed E-state index contributed by atoms with van der Waals surface area (Å²) in [6.07, 6.45) is 3.08. The summed E-state index contributed by atoms with van der Waals surface area (Å²) < 4.78 is 16.2. The van der Waals surface area contributed by atoms with Gasteiger partial charge in [-0.05, 0) is 42.7 Å². The number of nitrogens with zero attached hydrogens (tertiary/aromatic N) is 1. The molecule has 1 N–H and O–H groups in total. The maximum absolute atomic E-state index is 13.7. The molecule has 2 aliphatic heterocycles. The third-order valence-corrected chi connectivity index (χ3v) is 6.55. The lowest BCUT2D eigenvalue weighted by Gasteiger charge is -2.32. The standard InChI is InChI=1S/C29H28N2O5/c1-34-25-10-6-5-9-22(25)17-24(20-7-3-2-4-8-20)29(33)31-15-13-21(14-16-31)28(32)30-23-11-12-26-27(18-23)36-19-35-26/h2-12,17-18,21H,13-16,19H2,1H3,(H,30,32)/b24-17+. The number of carbonyl (C=O) groups excluding carboxylic acids is 2. The van der Waals surface area contributed by atoms with Gasteiger partial charge in [-0.2, -0.15) is 0 Å². The van der Waals surface area contributed by atoms with E-state index in [9.17, 15) is 9.59 Å². The van der Waals surface area contributed by atoms with Crippen molar-refractivity contribution in [3.63, 3.8) is 0 Å². The monoisotopic (exact) mass is 484 g/mol. The molecule has 0 saturated carbocycles. The molecular weight excluding hydrogens is 456 g/mol. The normalized spacial score (nSPS) is 15.5. The number of piperidine rings is 1. The van der Waals surface area contributed by atoms with Gasteiger partial charge in [-0.1, -0.05) is 48.5 Å². The molecule has 0 aromatic heterocycles. The van der Waals surface area contributed by atoms with Gasteiger partial charge in [-0.3, -0.25) is 9.59 Å². The zero-order valence-electron chi connectivity index (χ0n) is 20.1. The lowest BCUT2D eigenvalue weighted by atomic mass is 9.94. The van der Waals surface area contributed by atoms with E-state index in [1.165, 1.54) is 0 Å².